The third-order valence-corrected chi connectivity index (χ3v) is 3.85. The molecule has 0 heterocycles. The predicted molar refractivity (Wildman–Crippen MR) is 97.8 cm³/mol. The minimum atomic E-state index is -1.01. The SMILES string of the molecule is COc1ccc(C(=O)NC(=S)Nc2ccc(C(=O)O)cc2)cc1Br. The van der Waals surface area contributed by atoms with E-state index in [9.17, 15) is 9.59 Å². The number of ether oxygens (including phenoxy) is 1. The van der Waals surface area contributed by atoms with E-state index in [0.717, 1.165) is 0 Å². The topological polar surface area (TPSA) is 87.7 Å². The number of carbonyl (C=O) groups is 2. The molecule has 3 N–H and O–H groups in total. The Morgan fingerprint density at radius 1 is 1.12 bits per heavy atom. The van der Waals surface area contributed by atoms with Gasteiger partial charge in [0.1, 0.15) is 5.75 Å². The number of nitrogens with one attached hydrogen (secondary N) is 2. The van der Waals surface area contributed by atoms with Crippen LogP contribution in [0.1, 0.15) is 20.7 Å². The quantitative estimate of drug-likeness (QED) is 0.672. The third-order valence-electron chi connectivity index (χ3n) is 3.03. The summed E-state index contributed by atoms with van der Waals surface area (Å²) in [6.07, 6.45) is 0. The summed E-state index contributed by atoms with van der Waals surface area (Å²) >= 11 is 8.39. The van der Waals surface area contributed by atoms with E-state index >= 15 is 0 Å². The van der Waals surface area contributed by atoms with Crippen LogP contribution in [-0.2, 0) is 0 Å². The molecule has 0 fully saturated rings. The Bertz CT molecular complexity index is 793. The molecular weight excluding hydrogens is 396 g/mol. The fourth-order valence-corrected chi connectivity index (χ4v) is 2.59. The average Bonchev–Trinajstić information content (AvgIpc) is 2.55. The summed E-state index contributed by atoms with van der Waals surface area (Å²) < 4.78 is 5.76. The lowest BCUT2D eigenvalue weighted by molar-refractivity contribution is 0.0696. The molecule has 2 aromatic rings. The van der Waals surface area contributed by atoms with E-state index in [-0.39, 0.29) is 16.6 Å². The Balaban J connectivity index is 2.00. The lowest BCUT2D eigenvalue weighted by Crippen LogP contribution is -2.34. The number of hydrogen-bond acceptors (Lipinski definition) is 4. The van der Waals surface area contributed by atoms with Crippen molar-refractivity contribution in [3.05, 3.63) is 58.1 Å². The molecule has 0 saturated heterocycles. The molecule has 0 aliphatic rings. The summed E-state index contributed by atoms with van der Waals surface area (Å²) in [4.78, 5) is 23.0. The van der Waals surface area contributed by atoms with E-state index in [1.807, 2.05) is 0 Å². The molecule has 0 aliphatic heterocycles. The number of carbonyl (C=O) groups excluding carboxylic acids is 1. The van der Waals surface area contributed by atoms with Gasteiger partial charge in [-0.05, 0) is 70.6 Å². The highest BCUT2D eigenvalue weighted by atomic mass is 79.9. The molecule has 2 aromatic carbocycles. The first-order chi connectivity index (χ1) is 11.4. The van der Waals surface area contributed by atoms with Gasteiger partial charge in [-0.3, -0.25) is 10.1 Å². The van der Waals surface area contributed by atoms with Crippen molar-refractivity contribution in [1.29, 1.82) is 0 Å². The maximum Gasteiger partial charge on any atom is 0.335 e. The van der Waals surface area contributed by atoms with E-state index in [0.29, 0.717) is 21.5 Å². The maximum atomic E-state index is 12.2. The molecule has 0 aliphatic carbocycles. The first-order valence-electron chi connectivity index (χ1n) is 6.70. The fraction of sp³-hybridized carbons (Fsp3) is 0.0625. The van der Waals surface area contributed by atoms with Gasteiger partial charge in [0.05, 0.1) is 17.1 Å². The number of hydrogen-bond donors (Lipinski definition) is 3. The molecule has 0 atom stereocenters. The molecule has 8 heteroatoms. The van der Waals surface area contributed by atoms with Crippen molar-refractivity contribution in [2.24, 2.45) is 0 Å². The molecule has 0 unspecified atom stereocenters. The first kappa shape index (κ1) is 17.9. The molecule has 1 amide bonds. The van der Waals surface area contributed by atoms with Gasteiger partial charge in [0.2, 0.25) is 0 Å². The standard InChI is InChI=1S/C16H13BrN2O4S/c1-23-13-7-4-10(8-12(13)17)14(20)19-16(24)18-11-5-2-9(3-6-11)15(21)22/h2-8H,1H3,(H,21,22)(H2,18,19,20,24). The molecular formula is C16H13BrN2O4S. The second-order valence-electron chi connectivity index (χ2n) is 4.64. The van der Waals surface area contributed by atoms with E-state index in [2.05, 4.69) is 26.6 Å². The molecule has 0 saturated carbocycles. The first-order valence-corrected chi connectivity index (χ1v) is 7.90. The highest BCUT2D eigenvalue weighted by Gasteiger charge is 2.11. The fourth-order valence-electron chi connectivity index (χ4n) is 1.84. The predicted octanol–water partition coefficient (Wildman–Crippen LogP) is 3.28. The van der Waals surface area contributed by atoms with Crippen molar-refractivity contribution in [2.45, 2.75) is 0 Å². The lowest BCUT2D eigenvalue weighted by Gasteiger charge is -2.10. The Morgan fingerprint density at radius 2 is 1.75 bits per heavy atom. The summed E-state index contributed by atoms with van der Waals surface area (Å²) in [6, 6.07) is 10.9. The van der Waals surface area contributed by atoms with Crippen LogP contribution in [0, 0.1) is 0 Å². The lowest BCUT2D eigenvalue weighted by atomic mass is 10.2. The van der Waals surface area contributed by atoms with Crippen molar-refractivity contribution in [1.82, 2.24) is 5.32 Å². The van der Waals surface area contributed by atoms with Crippen LogP contribution in [0.2, 0.25) is 0 Å². The summed E-state index contributed by atoms with van der Waals surface area (Å²) in [5.74, 6) is -0.772. The molecule has 24 heavy (non-hydrogen) atoms. The smallest absolute Gasteiger partial charge is 0.335 e. The monoisotopic (exact) mass is 408 g/mol. The Morgan fingerprint density at radius 3 is 2.29 bits per heavy atom. The van der Waals surface area contributed by atoms with Crippen LogP contribution in [0.4, 0.5) is 5.69 Å². The van der Waals surface area contributed by atoms with Crippen LogP contribution in [0.25, 0.3) is 0 Å². The highest BCUT2D eigenvalue weighted by molar-refractivity contribution is 9.10. The number of amides is 1. The Kier molecular flexibility index (Phi) is 5.88. The van der Waals surface area contributed by atoms with Gasteiger partial charge in [0.15, 0.2) is 5.11 Å². The molecule has 0 radical (unpaired) electrons. The van der Waals surface area contributed by atoms with E-state index in [1.165, 1.54) is 19.2 Å². The van der Waals surface area contributed by atoms with Gasteiger partial charge in [-0.15, -0.1) is 0 Å². The summed E-state index contributed by atoms with van der Waals surface area (Å²) in [6.45, 7) is 0. The largest absolute Gasteiger partial charge is 0.496 e. The van der Waals surface area contributed by atoms with Gasteiger partial charge in [0.25, 0.3) is 5.91 Å². The summed E-state index contributed by atoms with van der Waals surface area (Å²) in [7, 11) is 1.54. The summed E-state index contributed by atoms with van der Waals surface area (Å²) in [5, 5.41) is 14.3. The van der Waals surface area contributed by atoms with Gasteiger partial charge >= 0.3 is 5.97 Å². The molecule has 0 spiro atoms. The Labute approximate surface area is 152 Å². The second-order valence-corrected chi connectivity index (χ2v) is 5.90. The van der Waals surface area contributed by atoms with Crippen molar-refractivity contribution in [2.75, 3.05) is 12.4 Å². The maximum absolute atomic E-state index is 12.2. The van der Waals surface area contributed by atoms with Crippen molar-refractivity contribution >= 4 is 50.8 Å². The van der Waals surface area contributed by atoms with Gasteiger partial charge < -0.3 is 15.2 Å². The van der Waals surface area contributed by atoms with Crippen LogP contribution < -0.4 is 15.4 Å². The number of halogens is 1. The van der Waals surface area contributed by atoms with Crippen molar-refractivity contribution < 1.29 is 19.4 Å². The molecule has 2 rings (SSSR count). The minimum absolute atomic E-state index is 0.106. The molecule has 124 valence electrons. The zero-order valence-electron chi connectivity index (χ0n) is 12.5. The van der Waals surface area contributed by atoms with Crippen molar-refractivity contribution in [3.8, 4) is 5.75 Å². The van der Waals surface area contributed by atoms with E-state index in [1.54, 1.807) is 30.3 Å². The zero-order chi connectivity index (χ0) is 17.7. The van der Waals surface area contributed by atoms with Gasteiger partial charge in [0, 0.05) is 11.3 Å². The zero-order valence-corrected chi connectivity index (χ0v) is 14.9. The van der Waals surface area contributed by atoms with Gasteiger partial charge in [-0.1, -0.05) is 0 Å². The van der Waals surface area contributed by atoms with Crippen LogP contribution in [0.15, 0.2) is 46.9 Å². The molecule has 0 bridgehead atoms. The number of carboxylic acids is 1. The number of benzene rings is 2. The number of thiocarbonyl (C=S) groups is 1. The summed E-state index contributed by atoms with van der Waals surface area (Å²) in [5.41, 5.74) is 1.15. The minimum Gasteiger partial charge on any atom is -0.496 e. The molecule has 0 aromatic heterocycles. The normalized spacial score (nSPS) is 9.92. The highest BCUT2D eigenvalue weighted by Crippen LogP contribution is 2.25. The molecule has 6 nitrogen and oxygen atoms in total. The van der Waals surface area contributed by atoms with Crippen LogP contribution >= 0.6 is 28.1 Å². The van der Waals surface area contributed by atoms with Crippen molar-refractivity contribution in [3.63, 3.8) is 0 Å². The number of carboxylic acid groups (broad SMARTS) is 1. The van der Waals surface area contributed by atoms with Gasteiger partial charge in [-0.2, -0.15) is 0 Å². The number of aromatic carboxylic acids is 1. The third kappa shape index (κ3) is 4.53. The van der Waals surface area contributed by atoms with Crippen LogP contribution in [0.5, 0.6) is 5.75 Å². The number of rotatable bonds is 4. The van der Waals surface area contributed by atoms with Crippen LogP contribution in [0.3, 0.4) is 0 Å². The Hall–Kier alpha value is -2.45. The van der Waals surface area contributed by atoms with Crippen LogP contribution in [-0.4, -0.2) is 29.2 Å². The van der Waals surface area contributed by atoms with E-state index < -0.39 is 5.97 Å². The van der Waals surface area contributed by atoms with E-state index in [4.69, 9.17) is 22.1 Å². The second kappa shape index (κ2) is 7.89. The average molecular weight is 409 g/mol. The number of anilines is 1. The number of methoxy groups -OCH3 is 1. The van der Waals surface area contributed by atoms with Gasteiger partial charge in [-0.25, -0.2) is 4.79 Å².